The minimum Gasteiger partial charge on any atom is -0.311 e. The Bertz CT molecular complexity index is 5000. The average molecular weight is 1330 g/mol. The second-order valence-corrected chi connectivity index (χ2v) is 32.5. The van der Waals surface area contributed by atoms with Gasteiger partial charge in [0.25, 0.3) is 6.71 Å². The number of fused-ring (bicyclic) bond motifs is 4. The van der Waals surface area contributed by atoms with Crippen molar-refractivity contribution in [3.8, 4) is 100 Å². The van der Waals surface area contributed by atoms with Crippen LogP contribution < -0.4 is 26.2 Å². The zero-order valence-electron chi connectivity index (χ0n) is 61.4. The normalized spacial score (nSPS) is 12.8. The number of benzene rings is 13. The molecule has 1 aromatic heterocycles. The van der Waals surface area contributed by atoms with E-state index in [0.717, 1.165) is 107 Å². The van der Waals surface area contributed by atoms with Crippen molar-refractivity contribution >= 4 is 57.2 Å². The van der Waals surface area contributed by atoms with E-state index in [4.69, 9.17) is 4.98 Å². The van der Waals surface area contributed by atoms with Crippen molar-refractivity contribution in [2.24, 2.45) is 0 Å². The molecule has 0 N–H and O–H groups in total. The van der Waals surface area contributed by atoms with E-state index in [9.17, 15) is 0 Å². The smallest absolute Gasteiger partial charge is 0.252 e. The third kappa shape index (κ3) is 12.9. The standard InChI is InChI=1S/C99H88BN3/c1-96(2,3)81-49-77(50-82(63-81)97(4,5)6)78-59-89(79-51-83(98(7,8)9)64-84(52-79)99(10,11)12)101-90(60-78)80-61-93-95-94(62-80)103(86-55-75(69-39-27-17-28-40-69)48-76(56-86)70-41-29-18-30-42-70)92-46-44-72(66-33-21-14-22-34-66)58-88(92)100(95)87-57-71(65-31-19-13-20-32-65)43-45-91(87)102(93)85-53-73(67-35-23-15-24-36-67)47-74(54-85)68-37-25-16-26-38-68/h13-64H,1-12H3. The average Bonchev–Trinajstić information content (AvgIpc) is 0.692. The Kier molecular flexibility index (Phi) is 16.7. The van der Waals surface area contributed by atoms with Crippen LogP contribution in [0.15, 0.2) is 315 Å². The SMILES string of the molecule is CC(C)(C)c1cc(-c2cc(-c3cc(C(C)(C)C)cc(C(C)(C)C)c3)nc(-c3cc4c5c(c3)N(c3cc(-c6ccccc6)cc(-c6ccccc6)c3)c3ccc(-c6ccccc6)cc3B5c3cc(-c5ccccc5)ccc3N4c3cc(-c4ccccc4)cc(-c4ccccc4)c3)c2)cc(C(C)(C)C)c1. The Balaban J connectivity index is 1.07. The first-order chi connectivity index (χ1) is 49.5. The molecule has 0 spiro atoms. The van der Waals surface area contributed by atoms with Crippen LogP contribution >= 0.6 is 0 Å². The fraction of sp³-hybridized carbons (Fsp3) is 0.162. The topological polar surface area (TPSA) is 19.4 Å². The van der Waals surface area contributed by atoms with Gasteiger partial charge in [-0.1, -0.05) is 314 Å². The van der Waals surface area contributed by atoms with Crippen molar-refractivity contribution in [3.05, 3.63) is 338 Å². The van der Waals surface area contributed by atoms with Gasteiger partial charge in [0.15, 0.2) is 0 Å². The summed E-state index contributed by atoms with van der Waals surface area (Å²) in [5, 5.41) is 0. The minimum absolute atomic E-state index is 0.116. The quantitative estimate of drug-likeness (QED) is 0.120. The van der Waals surface area contributed by atoms with Crippen LogP contribution in [0.5, 0.6) is 0 Å². The van der Waals surface area contributed by atoms with Crippen LogP contribution in [0.3, 0.4) is 0 Å². The molecule has 0 atom stereocenters. The molecule has 502 valence electrons. The van der Waals surface area contributed by atoms with Gasteiger partial charge in [0, 0.05) is 45.3 Å². The van der Waals surface area contributed by atoms with Gasteiger partial charge in [0.1, 0.15) is 0 Å². The molecule has 4 heteroatoms. The fourth-order valence-corrected chi connectivity index (χ4v) is 15.3. The molecule has 103 heavy (non-hydrogen) atoms. The molecule has 0 aliphatic carbocycles. The van der Waals surface area contributed by atoms with E-state index in [1.807, 2.05) is 0 Å². The molecule has 0 amide bonds. The molecule has 2 aliphatic heterocycles. The van der Waals surface area contributed by atoms with Gasteiger partial charge in [-0.25, -0.2) is 4.98 Å². The molecule has 16 rings (SSSR count). The van der Waals surface area contributed by atoms with Gasteiger partial charge in [-0.2, -0.15) is 0 Å². The van der Waals surface area contributed by atoms with Gasteiger partial charge in [-0.15, -0.1) is 0 Å². The maximum absolute atomic E-state index is 6.10. The molecule has 0 saturated heterocycles. The van der Waals surface area contributed by atoms with E-state index in [1.54, 1.807) is 0 Å². The van der Waals surface area contributed by atoms with Gasteiger partial charge in [0.2, 0.25) is 0 Å². The Morgan fingerprint density at radius 3 is 0.777 bits per heavy atom. The largest absolute Gasteiger partial charge is 0.311 e. The first-order valence-electron chi connectivity index (χ1n) is 36.6. The first-order valence-corrected chi connectivity index (χ1v) is 36.6. The van der Waals surface area contributed by atoms with E-state index in [1.165, 1.54) is 66.5 Å². The Morgan fingerprint density at radius 2 is 0.476 bits per heavy atom. The molecule has 0 unspecified atom stereocenters. The molecule has 3 heterocycles. The second kappa shape index (κ2) is 25.9. The number of nitrogens with zero attached hydrogens (tertiary/aromatic N) is 3. The van der Waals surface area contributed by atoms with Crippen LogP contribution in [0.2, 0.25) is 0 Å². The Labute approximate surface area is 611 Å². The zero-order valence-corrected chi connectivity index (χ0v) is 61.4. The summed E-state index contributed by atoms with van der Waals surface area (Å²) < 4.78 is 0. The van der Waals surface area contributed by atoms with Crippen LogP contribution in [0.1, 0.15) is 105 Å². The summed E-state index contributed by atoms with van der Waals surface area (Å²) in [5.74, 6) is 0. The lowest BCUT2D eigenvalue weighted by Gasteiger charge is -2.45. The summed E-state index contributed by atoms with van der Waals surface area (Å²) >= 11 is 0. The van der Waals surface area contributed by atoms with Gasteiger partial charge in [-0.05, 0) is 223 Å². The number of hydrogen-bond donors (Lipinski definition) is 0. The molecular formula is C99H88BN3. The molecule has 0 fully saturated rings. The predicted molar refractivity (Wildman–Crippen MR) is 442 cm³/mol. The molecule has 0 saturated carbocycles. The maximum Gasteiger partial charge on any atom is 0.252 e. The number of anilines is 6. The van der Waals surface area contributed by atoms with Crippen molar-refractivity contribution in [2.75, 3.05) is 9.80 Å². The van der Waals surface area contributed by atoms with Crippen LogP contribution in [-0.2, 0) is 21.7 Å². The summed E-state index contributed by atoms with van der Waals surface area (Å²) in [7, 11) is 0. The van der Waals surface area contributed by atoms with Crippen molar-refractivity contribution in [3.63, 3.8) is 0 Å². The third-order valence-electron chi connectivity index (χ3n) is 21.1. The highest BCUT2D eigenvalue weighted by Crippen LogP contribution is 2.51. The third-order valence-corrected chi connectivity index (χ3v) is 21.1. The van der Waals surface area contributed by atoms with Gasteiger partial charge < -0.3 is 9.80 Å². The monoisotopic (exact) mass is 1330 g/mol. The minimum atomic E-state index is -0.234. The van der Waals surface area contributed by atoms with Gasteiger partial charge in [0.05, 0.1) is 11.4 Å². The van der Waals surface area contributed by atoms with E-state index in [0.29, 0.717) is 0 Å². The molecule has 3 nitrogen and oxygen atoms in total. The number of aromatic nitrogens is 1. The van der Waals surface area contributed by atoms with Gasteiger partial charge in [-0.3, -0.25) is 0 Å². The van der Waals surface area contributed by atoms with E-state index in [2.05, 4.69) is 408 Å². The molecular weight excluding hydrogens is 1240 g/mol. The molecule has 13 aromatic carbocycles. The summed E-state index contributed by atoms with van der Waals surface area (Å²) in [4.78, 5) is 11.3. The predicted octanol–water partition coefficient (Wildman–Crippen LogP) is 25.4. The lowest BCUT2D eigenvalue weighted by molar-refractivity contribution is 0.568. The van der Waals surface area contributed by atoms with E-state index < -0.39 is 0 Å². The number of rotatable bonds is 11. The van der Waals surface area contributed by atoms with Crippen molar-refractivity contribution in [1.29, 1.82) is 0 Å². The summed E-state index contributed by atoms with van der Waals surface area (Å²) in [6.45, 7) is 27.8. The molecule has 2 aliphatic rings. The highest BCUT2D eigenvalue weighted by Gasteiger charge is 2.45. The van der Waals surface area contributed by atoms with Crippen molar-refractivity contribution < 1.29 is 0 Å². The summed E-state index contributed by atoms with van der Waals surface area (Å²) in [6.07, 6.45) is 0. The lowest BCUT2D eigenvalue weighted by atomic mass is 9.33. The summed E-state index contributed by atoms with van der Waals surface area (Å²) in [6, 6.07) is 119. The molecule has 0 bridgehead atoms. The fourth-order valence-electron chi connectivity index (χ4n) is 15.3. The maximum atomic E-state index is 6.10. The zero-order chi connectivity index (χ0) is 71.1. The van der Waals surface area contributed by atoms with Crippen LogP contribution in [-0.4, -0.2) is 11.7 Å². The Hall–Kier alpha value is -11.3. The van der Waals surface area contributed by atoms with Crippen molar-refractivity contribution in [2.45, 2.75) is 105 Å². The van der Waals surface area contributed by atoms with Crippen LogP contribution in [0.25, 0.3) is 100 Å². The van der Waals surface area contributed by atoms with E-state index >= 15 is 0 Å². The highest BCUT2D eigenvalue weighted by atomic mass is 15.2. The number of hydrogen-bond acceptors (Lipinski definition) is 3. The molecule has 0 radical (unpaired) electrons. The van der Waals surface area contributed by atoms with E-state index in [-0.39, 0.29) is 28.4 Å². The van der Waals surface area contributed by atoms with Gasteiger partial charge >= 0.3 is 0 Å². The molecule has 14 aromatic rings. The van der Waals surface area contributed by atoms with Crippen LogP contribution in [0, 0.1) is 0 Å². The van der Waals surface area contributed by atoms with Crippen LogP contribution in [0.4, 0.5) is 34.1 Å². The van der Waals surface area contributed by atoms with Crippen molar-refractivity contribution in [1.82, 2.24) is 4.98 Å². The lowest BCUT2D eigenvalue weighted by Crippen LogP contribution is -2.61. The highest BCUT2D eigenvalue weighted by molar-refractivity contribution is 7.00. The Morgan fingerprint density at radius 1 is 0.214 bits per heavy atom. The summed E-state index contributed by atoms with van der Waals surface area (Å²) in [5.41, 5.74) is 35.0. The second-order valence-electron chi connectivity index (χ2n) is 32.5. The first kappa shape index (κ1) is 66.2. The number of pyridine rings is 1.